The largest absolute Gasteiger partial charge is 0.481 e. The van der Waals surface area contributed by atoms with Gasteiger partial charge in [0.15, 0.2) is 0 Å². The Morgan fingerprint density at radius 1 is 0.815 bits per heavy atom. The molecule has 146 valence electrons. The monoisotopic (exact) mass is 372 g/mol. The highest BCUT2D eigenvalue weighted by atomic mass is 16.6. The second kappa shape index (κ2) is 13.0. The molecule has 0 spiro atoms. The van der Waals surface area contributed by atoms with Gasteiger partial charge in [0.2, 0.25) is 0 Å². The summed E-state index contributed by atoms with van der Waals surface area (Å²) in [6, 6.07) is 20.0. The van der Waals surface area contributed by atoms with Crippen molar-refractivity contribution in [3.63, 3.8) is 0 Å². The van der Waals surface area contributed by atoms with Crippen LogP contribution in [0.3, 0.4) is 0 Å². The predicted molar refractivity (Wildman–Crippen MR) is 103 cm³/mol. The van der Waals surface area contributed by atoms with Crippen LogP contribution in [0.2, 0.25) is 0 Å². The van der Waals surface area contributed by atoms with Crippen molar-refractivity contribution in [1.82, 2.24) is 0 Å². The third kappa shape index (κ3) is 9.89. The number of hydrogen-bond acceptors (Lipinski definition) is 4. The molecule has 0 atom stereocenters. The number of aliphatic carboxylic acids is 1. The summed E-state index contributed by atoms with van der Waals surface area (Å²) in [5.74, 6) is -0.774. The summed E-state index contributed by atoms with van der Waals surface area (Å²) < 4.78 is 17.4. The molecule has 0 radical (unpaired) electrons. The van der Waals surface area contributed by atoms with Crippen LogP contribution >= 0.6 is 0 Å². The zero-order valence-corrected chi connectivity index (χ0v) is 15.6. The topological polar surface area (TPSA) is 65.0 Å². The first-order chi connectivity index (χ1) is 13.2. The van der Waals surface area contributed by atoms with E-state index in [1.807, 2.05) is 60.7 Å². The van der Waals surface area contributed by atoms with Crippen molar-refractivity contribution in [3.05, 3.63) is 71.8 Å². The van der Waals surface area contributed by atoms with Crippen LogP contribution in [0.25, 0.3) is 0 Å². The van der Waals surface area contributed by atoms with Crippen LogP contribution in [0.4, 0.5) is 0 Å². The molecule has 2 aromatic carbocycles. The molecule has 0 fully saturated rings. The van der Waals surface area contributed by atoms with Gasteiger partial charge in [-0.05, 0) is 24.0 Å². The number of hydrogen-bond donors (Lipinski definition) is 1. The van der Waals surface area contributed by atoms with E-state index in [2.05, 4.69) is 0 Å². The molecule has 27 heavy (non-hydrogen) atoms. The summed E-state index contributed by atoms with van der Waals surface area (Å²) in [7, 11) is 0. The molecular formula is C22H28O5. The fraction of sp³-hybridized carbons (Fsp3) is 0.409. The zero-order chi connectivity index (χ0) is 19.2. The van der Waals surface area contributed by atoms with Gasteiger partial charge in [0.05, 0.1) is 26.4 Å². The second-order valence-corrected chi connectivity index (χ2v) is 6.35. The van der Waals surface area contributed by atoms with E-state index in [9.17, 15) is 4.79 Å². The van der Waals surface area contributed by atoms with Crippen LogP contribution in [0.15, 0.2) is 60.7 Å². The molecule has 0 aliphatic carbocycles. The maximum atomic E-state index is 10.6. The van der Waals surface area contributed by atoms with Gasteiger partial charge in [-0.1, -0.05) is 60.7 Å². The van der Waals surface area contributed by atoms with Gasteiger partial charge in [0.1, 0.15) is 6.10 Å². The minimum atomic E-state index is -0.774. The fourth-order valence-electron chi connectivity index (χ4n) is 2.54. The smallest absolute Gasteiger partial charge is 0.303 e. The Morgan fingerprint density at radius 2 is 1.33 bits per heavy atom. The van der Waals surface area contributed by atoms with E-state index in [1.54, 1.807) is 0 Å². The van der Waals surface area contributed by atoms with Crippen LogP contribution < -0.4 is 0 Å². The molecule has 2 aromatic rings. The summed E-state index contributed by atoms with van der Waals surface area (Å²) >= 11 is 0. The van der Waals surface area contributed by atoms with Crippen molar-refractivity contribution in [3.8, 4) is 0 Å². The molecule has 0 unspecified atom stereocenters. The third-order valence-electron chi connectivity index (χ3n) is 3.97. The van der Waals surface area contributed by atoms with Gasteiger partial charge in [-0.3, -0.25) is 4.79 Å². The molecule has 0 aromatic heterocycles. The molecule has 5 nitrogen and oxygen atoms in total. The van der Waals surface area contributed by atoms with E-state index < -0.39 is 5.97 Å². The van der Waals surface area contributed by atoms with Gasteiger partial charge >= 0.3 is 5.97 Å². The molecule has 0 heterocycles. The first kappa shape index (κ1) is 21.1. The Balaban J connectivity index is 1.71. The van der Waals surface area contributed by atoms with E-state index in [1.165, 1.54) is 0 Å². The number of ether oxygens (including phenoxy) is 3. The van der Waals surface area contributed by atoms with Crippen molar-refractivity contribution in [2.24, 2.45) is 0 Å². The first-order valence-electron chi connectivity index (χ1n) is 9.31. The summed E-state index contributed by atoms with van der Waals surface area (Å²) in [6.45, 7) is 2.42. The third-order valence-corrected chi connectivity index (χ3v) is 3.97. The van der Waals surface area contributed by atoms with Crippen molar-refractivity contribution in [2.75, 3.05) is 19.8 Å². The maximum Gasteiger partial charge on any atom is 0.303 e. The Labute approximate surface area is 160 Å². The standard InChI is InChI=1S/C22H28O5/c23-22(24)13-7-8-14-27-21(17-25-15-19-9-3-1-4-10-19)18-26-16-20-11-5-2-6-12-20/h1-6,9-12,21H,7-8,13-18H2,(H,23,24). The number of carboxylic acid groups (broad SMARTS) is 1. The molecule has 2 rings (SSSR count). The predicted octanol–water partition coefficient (Wildman–Crippen LogP) is 4.06. The van der Waals surface area contributed by atoms with E-state index >= 15 is 0 Å². The summed E-state index contributed by atoms with van der Waals surface area (Å²) in [4.78, 5) is 10.6. The average molecular weight is 372 g/mol. The summed E-state index contributed by atoms with van der Waals surface area (Å²) in [5, 5.41) is 8.69. The van der Waals surface area contributed by atoms with E-state index in [0.717, 1.165) is 11.1 Å². The van der Waals surface area contributed by atoms with Crippen molar-refractivity contribution >= 4 is 5.97 Å². The quantitative estimate of drug-likeness (QED) is 0.507. The van der Waals surface area contributed by atoms with Crippen LogP contribution in [0.1, 0.15) is 30.4 Å². The van der Waals surface area contributed by atoms with Gasteiger partial charge in [0, 0.05) is 13.0 Å². The van der Waals surface area contributed by atoms with Gasteiger partial charge in [-0.25, -0.2) is 0 Å². The minimum Gasteiger partial charge on any atom is -0.481 e. The number of rotatable bonds is 14. The lowest BCUT2D eigenvalue weighted by Gasteiger charge is -2.18. The number of carboxylic acids is 1. The Bertz CT molecular complexity index is 584. The molecular weight excluding hydrogens is 344 g/mol. The Hall–Kier alpha value is -2.21. The normalized spacial score (nSPS) is 11.0. The van der Waals surface area contributed by atoms with E-state index in [-0.39, 0.29) is 12.5 Å². The summed E-state index contributed by atoms with van der Waals surface area (Å²) in [6.07, 6.45) is 1.31. The molecule has 0 saturated carbocycles. The van der Waals surface area contributed by atoms with Crippen LogP contribution in [-0.4, -0.2) is 37.0 Å². The van der Waals surface area contributed by atoms with Crippen LogP contribution in [0.5, 0.6) is 0 Å². The number of carbonyl (C=O) groups is 1. The summed E-state index contributed by atoms with van der Waals surface area (Å²) in [5.41, 5.74) is 2.23. The SMILES string of the molecule is O=C(O)CCCCOC(COCc1ccccc1)COCc1ccccc1. The lowest BCUT2D eigenvalue weighted by atomic mass is 10.2. The lowest BCUT2D eigenvalue weighted by molar-refractivity contribution is -0.137. The fourth-order valence-corrected chi connectivity index (χ4v) is 2.54. The Morgan fingerprint density at radius 3 is 1.81 bits per heavy atom. The number of benzene rings is 2. The first-order valence-corrected chi connectivity index (χ1v) is 9.31. The highest BCUT2D eigenvalue weighted by Gasteiger charge is 2.11. The lowest BCUT2D eigenvalue weighted by Crippen LogP contribution is -2.26. The molecule has 5 heteroatoms. The van der Waals surface area contributed by atoms with Crippen LogP contribution in [0, 0.1) is 0 Å². The number of unbranched alkanes of at least 4 members (excludes halogenated alkanes) is 1. The van der Waals surface area contributed by atoms with Crippen molar-refractivity contribution in [2.45, 2.75) is 38.6 Å². The highest BCUT2D eigenvalue weighted by molar-refractivity contribution is 5.66. The minimum absolute atomic E-state index is 0.170. The Kier molecular flexibility index (Phi) is 10.2. The van der Waals surface area contributed by atoms with Gasteiger partial charge < -0.3 is 19.3 Å². The molecule has 1 N–H and O–H groups in total. The average Bonchev–Trinajstić information content (AvgIpc) is 2.68. The van der Waals surface area contributed by atoms with Crippen molar-refractivity contribution < 1.29 is 24.1 Å². The van der Waals surface area contributed by atoms with E-state index in [4.69, 9.17) is 19.3 Å². The molecule has 0 bridgehead atoms. The molecule has 0 aliphatic rings. The highest BCUT2D eigenvalue weighted by Crippen LogP contribution is 2.06. The van der Waals surface area contributed by atoms with E-state index in [0.29, 0.717) is 45.9 Å². The molecule has 0 saturated heterocycles. The van der Waals surface area contributed by atoms with Gasteiger partial charge in [-0.15, -0.1) is 0 Å². The van der Waals surface area contributed by atoms with Crippen molar-refractivity contribution in [1.29, 1.82) is 0 Å². The second-order valence-electron chi connectivity index (χ2n) is 6.35. The maximum absolute atomic E-state index is 10.6. The molecule has 0 aliphatic heterocycles. The molecule has 0 amide bonds. The zero-order valence-electron chi connectivity index (χ0n) is 15.6. The van der Waals surface area contributed by atoms with Crippen LogP contribution in [-0.2, 0) is 32.2 Å². The van der Waals surface area contributed by atoms with Gasteiger partial charge in [0.25, 0.3) is 0 Å². The van der Waals surface area contributed by atoms with Gasteiger partial charge in [-0.2, -0.15) is 0 Å².